The van der Waals surface area contributed by atoms with Crippen molar-refractivity contribution in [3.63, 3.8) is 0 Å². The molecule has 1 aromatic carbocycles. The van der Waals surface area contributed by atoms with Gasteiger partial charge in [0.25, 0.3) is 5.89 Å². The lowest BCUT2D eigenvalue weighted by Gasteiger charge is -2.34. The lowest BCUT2D eigenvalue weighted by molar-refractivity contribution is 0.0124. The highest BCUT2D eigenvalue weighted by atomic mass is 19.1. The van der Waals surface area contributed by atoms with Crippen molar-refractivity contribution in [1.82, 2.24) is 24.8 Å². The van der Waals surface area contributed by atoms with Crippen molar-refractivity contribution >= 4 is 0 Å². The number of nitrogens with zero attached hydrogens (tertiary/aromatic N) is 5. The van der Waals surface area contributed by atoms with Gasteiger partial charge in [-0.2, -0.15) is 10.1 Å². The van der Waals surface area contributed by atoms with Crippen LogP contribution in [-0.2, 0) is 19.3 Å². The molecule has 1 aliphatic heterocycles. The molecule has 0 bridgehead atoms. The van der Waals surface area contributed by atoms with E-state index in [0.29, 0.717) is 18.8 Å². The molecule has 0 aliphatic carbocycles. The van der Waals surface area contributed by atoms with Crippen molar-refractivity contribution in [2.24, 2.45) is 7.05 Å². The van der Waals surface area contributed by atoms with E-state index in [0.717, 1.165) is 24.1 Å². The van der Waals surface area contributed by atoms with Crippen LogP contribution in [0.2, 0.25) is 0 Å². The van der Waals surface area contributed by atoms with Gasteiger partial charge in [-0.25, -0.2) is 4.39 Å². The molecule has 3 aromatic rings. The minimum absolute atomic E-state index is 0.0715. The molecule has 1 saturated heterocycles. The van der Waals surface area contributed by atoms with Crippen LogP contribution in [0.5, 0.6) is 0 Å². The molecule has 130 valence electrons. The molecule has 1 unspecified atom stereocenters. The number of aryl methyl sites for hydroxylation is 1. The largest absolute Gasteiger partial charge is 0.335 e. The summed E-state index contributed by atoms with van der Waals surface area (Å²) < 4.78 is 22.6. The number of benzene rings is 1. The van der Waals surface area contributed by atoms with E-state index in [4.69, 9.17) is 4.52 Å². The van der Waals surface area contributed by atoms with E-state index in [-0.39, 0.29) is 12.4 Å². The first-order valence-corrected chi connectivity index (χ1v) is 8.41. The number of piperidine rings is 1. The third-order valence-corrected chi connectivity index (χ3v) is 4.53. The second-order valence-corrected chi connectivity index (χ2v) is 6.59. The van der Waals surface area contributed by atoms with E-state index in [1.54, 1.807) is 4.68 Å². The maximum atomic E-state index is 15.5. The van der Waals surface area contributed by atoms with Gasteiger partial charge in [-0.05, 0) is 19.4 Å². The van der Waals surface area contributed by atoms with Crippen LogP contribution in [-0.4, -0.2) is 37.9 Å². The Kier molecular flexibility index (Phi) is 4.09. The van der Waals surface area contributed by atoms with Gasteiger partial charge in [-0.15, -0.1) is 0 Å². The Morgan fingerprint density at radius 3 is 2.88 bits per heavy atom. The molecule has 25 heavy (non-hydrogen) atoms. The molecule has 4 rings (SSSR count). The average molecular weight is 341 g/mol. The highest BCUT2D eigenvalue weighted by Crippen LogP contribution is 2.36. The quantitative estimate of drug-likeness (QED) is 0.730. The predicted octanol–water partition coefficient (Wildman–Crippen LogP) is 2.93. The van der Waals surface area contributed by atoms with Crippen LogP contribution in [0.25, 0.3) is 11.4 Å². The maximum absolute atomic E-state index is 15.5. The Morgan fingerprint density at radius 1 is 1.28 bits per heavy atom. The average Bonchev–Trinajstić information content (AvgIpc) is 3.26. The van der Waals surface area contributed by atoms with Gasteiger partial charge in [0, 0.05) is 37.5 Å². The Balaban J connectivity index is 1.52. The summed E-state index contributed by atoms with van der Waals surface area (Å²) in [6.45, 7) is 1.76. The van der Waals surface area contributed by atoms with Crippen molar-refractivity contribution in [1.29, 1.82) is 0 Å². The van der Waals surface area contributed by atoms with Crippen LogP contribution < -0.4 is 0 Å². The Morgan fingerprint density at radius 2 is 2.12 bits per heavy atom. The van der Waals surface area contributed by atoms with Crippen molar-refractivity contribution in [2.75, 3.05) is 13.1 Å². The molecule has 1 atom stereocenters. The Bertz CT molecular complexity index is 846. The number of alkyl halides is 1. The predicted molar refractivity (Wildman–Crippen MR) is 90.2 cm³/mol. The minimum Gasteiger partial charge on any atom is -0.335 e. The van der Waals surface area contributed by atoms with Gasteiger partial charge >= 0.3 is 0 Å². The molecule has 1 aliphatic rings. The van der Waals surface area contributed by atoms with Gasteiger partial charge < -0.3 is 4.52 Å². The molecule has 2 aromatic heterocycles. The zero-order chi connectivity index (χ0) is 17.3. The van der Waals surface area contributed by atoms with E-state index >= 15 is 4.39 Å². The molecule has 0 spiro atoms. The van der Waals surface area contributed by atoms with Crippen LogP contribution in [0, 0.1) is 0 Å². The lowest BCUT2D eigenvalue weighted by atomic mass is 9.94. The van der Waals surface area contributed by atoms with E-state index < -0.39 is 5.67 Å². The fourth-order valence-electron chi connectivity index (χ4n) is 3.33. The smallest absolute Gasteiger partial charge is 0.265 e. The monoisotopic (exact) mass is 341 g/mol. The summed E-state index contributed by atoms with van der Waals surface area (Å²) in [4.78, 5) is 6.40. The number of hydrogen-bond donors (Lipinski definition) is 0. The molecule has 1 fully saturated rings. The first kappa shape index (κ1) is 16.0. The fraction of sp³-hybridized carbons (Fsp3) is 0.389. The molecule has 0 saturated carbocycles. The van der Waals surface area contributed by atoms with Crippen LogP contribution >= 0.6 is 0 Å². The number of likely N-dealkylation sites (tertiary alicyclic amines) is 1. The van der Waals surface area contributed by atoms with E-state index in [2.05, 4.69) is 20.1 Å². The summed E-state index contributed by atoms with van der Waals surface area (Å²) in [7, 11) is 1.88. The van der Waals surface area contributed by atoms with Crippen LogP contribution in [0.15, 0.2) is 47.2 Å². The third-order valence-electron chi connectivity index (χ3n) is 4.53. The van der Waals surface area contributed by atoms with Crippen molar-refractivity contribution in [3.05, 3.63) is 54.2 Å². The Labute approximate surface area is 145 Å². The highest BCUT2D eigenvalue weighted by Gasteiger charge is 2.42. The van der Waals surface area contributed by atoms with Crippen molar-refractivity contribution in [2.45, 2.75) is 25.1 Å². The van der Waals surface area contributed by atoms with Crippen molar-refractivity contribution in [3.8, 4) is 11.4 Å². The number of hydrogen-bond acceptors (Lipinski definition) is 5. The standard InChI is InChI=1S/C18H20FN5O/c1-23-11-14(10-20-23)12-24-9-5-8-18(19,13-24)17-21-16(22-25-17)15-6-3-2-4-7-15/h2-4,6-7,10-11H,5,8-9,12-13H2,1H3. The zero-order valence-corrected chi connectivity index (χ0v) is 14.1. The zero-order valence-electron chi connectivity index (χ0n) is 14.1. The maximum Gasteiger partial charge on any atom is 0.265 e. The van der Waals surface area contributed by atoms with Crippen LogP contribution in [0.4, 0.5) is 4.39 Å². The summed E-state index contributed by atoms with van der Waals surface area (Å²) in [6, 6.07) is 9.47. The first-order valence-electron chi connectivity index (χ1n) is 8.41. The summed E-state index contributed by atoms with van der Waals surface area (Å²) in [5.74, 6) is 0.499. The van der Waals surface area contributed by atoms with E-state index in [9.17, 15) is 0 Å². The third kappa shape index (κ3) is 3.32. The molecule has 6 nitrogen and oxygen atoms in total. The minimum atomic E-state index is -1.61. The second kappa shape index (κ2) is 6.40. The van der Waals surface area contributed by atoms with Crippen molar-refractivity contribution < 1.29 is 8.91 Å². The molecule has 7 heteroatoms. The van der Waals surface area contributed by atoms with Gasteiger partial charge in [0.15, 0.2) is 0 Å². The normalized spacial score (nSPS) is 21.5. The number of halogens is 1. The number of rotatable bonds is 4. The van der Waals surface area contributed by atoms with E-state index in [1.807, 2.05) is 49.8 Å². The first-order chi connectivity index (χ1) is 12.1. The molecular weight excluding hydrogens is 321 g/mol. The molecule has 0 amide bonds. The highest BCUT2D eigenvalue weighted by molar-refractivity contribution is 5.53. The summed E-state index contributed by atoms with van der Waals surface area (Å²) in [5.41, 5.74) is 0.284. The molecule has 0 N–H and O–H groups in total. The molecule has 3 heterocycles. The van der Waals surface area contributed by atoms with Crippen LogP contribution in [0.3, 0.4) is 0 Å². The topological polar surface area (TPSA) is 60.0 Å². The van der Waals surface area contributed by atoms with Crippen LogP contribution in [0.1, 0.15) is 24.3 Å². The Hall–Kier alpha value is -2.54. The summed E-state index contributed by atoms with van der Waals surface area (Å²) >= 11 is 0. The SMILES string of the molecule is Cn1cc(CN2CCCC(F)(c3nc(-c4ccccc4)no3)C2)cn1. The summed E-state index contributed by atoms with van der Waals surface area (Å²) in [6.07, 6.45) is 4.91. The number of aromatic nitrogens is 4. The van der Waals surface area contributed by atoms with Gasteiger partial charge in [0.05, 0.1) is 6.20 Å². The summed E-state index contributed by atoms with van der Waals surface area (Å²) in [5, 5.41) is 8.13. The van der Waals surface area contributed by atoms with E-state index in [1.165, 1.54) is 0 Å². The van der Waals surface area contributed by atoms with Gasteiger partial charge in [-0.1, -0.05) is 35.5 Å². The van der Waals surface area contributed by atoms with Gasteiger partial charge in [0.2, 0.25) is 11.5 Å². The van der Waals surface area contributed by atoms with Gasteiger partial charge in [-0.3, -0.25) is 9.58 Å². The second-order valence-electron chi connectivity index (χ2n) is 6.59. The molecule has 0 radical (unpaired) electrons. The lowest BCUT2D eigenvalue weighted by Crippen LogP contribution is -2.43. The van der Waals surface area contributed by atoms with Gasteiger partial charge in [0.1, 0.15) is 0 Å². The molecular formula is C18H20FN5O. The fourth-order valence-corrected chi connectivity index (χ4v) is 3.33.